The van der Waals surface area contributed by atoms with Gasteiger partial charge in [0, 0.05) is 25.2 Å². The Morgan fingerprint density at radius 1 is 1.33 bits per heavy atom. The van der Waals surface area contributed by atoms with Gasteiger partial charge in [-0.1, -0.05) is 41.9 Å². The summed E-state index contributed by atoms with van der Waals surface area (Å²) in [6.45, 7) is 4.10. The first-order chi connectivity index (χ1) is 13.0. The number of nitrogens with zero attached hydrogens (tertiary/aromatic N) is 3. The number of piperazine rings is 1. The molecule has 1 saturated heterocycles. The Morgan fingerprint density at radius 3 is 2.78 bits per heavy atom. The number of aryl methyl sites for hydroxylation is 1. The van der Waals surface area contributed by atoms with Gasteiger partial charge in [-0.25, -0.2) is 4.68 Å². The molecule has 1 atom stereocenters. The number of carbonyl (C=O) groups is 2. The molecule has 0 bridgehead atoms. The van der Waals surface area contributed by atoms with Crippen molar-refractivity contribution in [2.75, 3.05) is 20.2 Å². The third-order valence-electron chi connectivity index (χ3n) is 4.75. The molecule has 1 N–H and O–H groups in total. The standard InChI is InChI=1S/C19H23ClN4O3/c1-13-15(18(20)24(22-13)11-14-6-4-3-5-7-14)12-23-9-8-21-19(26)16(23)10-17(25)27-2/h3-7,16H,8-12H2,1-2H3,(H,21,26). The van der Waals surface area contributed by atoms with Gasteiger partial charge in [-0.2, -0.15) is 5.10 Å². The first-order valence-electron chi connectivity index (χ1n) is 8.84. The van der Waals surface area contributed by atoms with E-state index in [9.17, 15) is 9.59 Å². The van der Waals surface area contributed by atoms with Crippen LogP contribution in [-0.4, -0.2) is 52.8 Å². The lowest BCUT2D eigenvalue weighted by molar-refractivity contribution is -0.146. The zero-order chi connectivity index (χ0) is 19.4. The maximum atomic E-state index is 12.2. The molecule has 8 heteroatoms. The van der Waals surface area contributed by atoms with Crippen LogP contribution >= 0.6 is 11.6 Å². The van der Waals surface area contributed by atoms with E-state index in [1.165, 1.54) is 7.11 Å². The lowest BCUT2D eigenvalue weighted by Gasteiger charge is -2.34. The van der Waals surface area contributed by atoms with Crippen LogP contribution < -0.4 is 5.32 Å². The molecule has 0 saturated carbocycles. The van der Waals surface area contributed by atoms with E-state index >= 15 is 0 Å². The fourth-order valence-electron chi connectivity index (χ4n) is 3.25. The number of esters is 1. The average molecular weight is 391 g/mol. The van der Waals surface area contributed by atoms with Gasteiger partial charge in [-0.15, -0.1) is 0 Å². The van der Waals surface area contributed by atoms with Gasteiger partial charge in [0.15, 0.2) is 0 Å². The van der Waals surface area contributed by atoms with Crippen molar-refractivity contribution in [2.45, 2.75) is 32.5 Å². The topological polar surface area (TPSA) is 76.5 Å². The normalized spacial score (nSPS) is 17.6. The molecular weight excluding hydrogens is 368 g/mol. The second kappa shape index (κ2) is 8.54. The van der Waals surface area contributed by atoms with Crippen molar-refractivity contribution in [3.05, 3.63) is 52.3 Å². The minimum absolute atomic E-state index is 0.0111. The number of ether oxygens (including phenoxy) is 1. The third-order valence-corrected chi connectivity index (χ3v) is 5.17. The maximum absolute atomic E-state index is 12.2. The zero-order valence-electron chi connectivity index (χ0n) is 15.4. The number of hydrogen-bond donors (Lipinski definition) is 1. The summed E-state index contributed by atoms with van der Waals surface area (Å²) in [6.07, 6.45) is 0.0111. The Balaban J connectivity index is 1.79. The van der Waals surface area contributed by atoms with E-state index in [0.29, 0.717) is 31.3 Å². The summed E-state index contributed by atoms with van der Waals surface area (Å²) in [4.78, 5) is 25.9. The van der Waals surface area contributed by atoms with Gasteiger partial charge in [-0.3, -0.25) is 14.5 Å². The minimum atomic E-state index is -0.570. The van der Waals surface area contributed by atoms with Crippen molar-refractivity contribution >= 4 is 23.5 Å². The fraction of sp³-hybridized carbons (Fsp3) is 0.421. The Bertz CT molecular complexity index is 822. The van der Waals surface area contributed by atoms with E-state index in [1.54, 1.807) is 4.68 Å². The summed E-state index contributed by atoms with van der Waals surface area (Å²) in [5, 5.41) is 7.92. The molecule has 1 aromatic heterocycles. The van der Waals surface area contributed by atoms with E-state index in [0.717, 1.165) is 16.8 Å². The number of halogens is 1. The molecule has 1 amide bonds. The molecule has 2 heterocycles. The van der Waals surface area contributed by atoms with Crippen LogP contribution in [0.3, 0.4) is 0 Å². The highest BCUT2D eigenvalue weighted by molar-refractivity contribution is 6.30. The quantitative estimate of drug-likeness (QED) is 0.760. The smallest absolute Gasteiger partial charge is 0.307 e. The van der Waals surface area contributed by atoms with E-state index < -0.39 is 12.0 Å². The van der Waals surface area contributed by atoms with Crippen molar-refractivity contribution in [3.8, 4) is 0 Å². The minimum Gasteiger partial charge on any atom is -0.469 e. The Labute approximate surface area is 163 Å². The SMILES string of the molecule is COC(=O)CC1C(=O)NCCN1Cc1c(C)nn(Cc2ccccc2)c1Cl. The first kappa shape index (κ1) is 19.4. The molecule has 2 aromatic rings. The van der Waals surface area contributed by atoms with Gasteiger partial charge >= 0.3 is 5.97 Å². The van der Waals surface area contributed by atoms with Crippen molar-refractivity contribution < 1.29 is 14.3 Å². The van der Waals surface area contributed by atoms with Crippen molar-refractivity contribution in [2.24, 2.45) is 0 Å². The van der Waals surface area contributed by atoms with Crippen molar-refractivity contribution in [1.82, 2.24) is 20.0 Å². The van der Waals surface area contributed by atoms with Crippen LogP contribution in [0.25, 0.3) is 0 Å². The van der Waals surface area contributed by atoms with Crippen LogP contribution in [0, 0.1) is 6.92 Å². The van der Waals surface area contributed by atoms with Gasteiger partial charge < -0.3 is 10.1 Å². The Kier molecular flexibility index (Phi) is 6.13. The number of hydrogen-bond acceptors (Lipinski definition) is 5. The molecule has 0 spiro atoms. The molecule has 27 heavy (non-hydrogen) atoms. The molecule has 7 nitrogen and oxygen atoms in total. The van der Waals surface area contributed by atoms with E-state index in [1.807, 2.05) is 42.2 Å². The van der Waals surface area contributed by atoms with Crippen molar-refractivity contribution in [1.29, 1.82) is 0 Å². The monoisotopic (exact) mass is 390 g/mol. The summed E-state index contributed by atoms with van der Waals surface area (Å²) in [7, 11) is 1.32. The molecule has 1 unspecified atom stereocenters. The molecule has 144 valence electrons. The summed E-state index contributed by atoms with van der Waals surface area (Å²) in [6, 6.07) is 9.39. The third kappa shape index (κ3) is 4.48. The summed E-state index contributed by atoms with van der Waals surface area (Å²) in [5.74, 6) is -0.582. The van der Waals surface area contributed by atoms with Gasteiger partial charge in [-0.05, 0) is 12.5 Å². The van der Waals surface area contributed by atoms with Gasteiger partial charge in [0.2, 0.25) is 5.91 Å². The molecule has 1 fully saturated rings. The summed E-state index contributed by atoms with van der Waals surface area (Å²) >= 11 is 6.60. The van der Waals surface area contributed by atoms with Gasteiger partial charge in [0.25, 0.3) is 0 Å². The molecule has 1 aliphatic rings. The molecule has 0 aliphatic carbocycles. The number of amides is 1. The Hall–Kier alpha value is -2.38. The first-order valence-corrected chi connectivity index (χ1v) is 9.21. The number of carbonyl (C=O) groups excluding carboxylic acids is 2. The number of aromatic nitrogens is 2. The van der Waals surface area contributed by atoms with Crippen LogP contribution in [0.2, 0.25) is 5.15 Å². The number of methoxy groups -OCH3 is 1. The number of rotatable bonds is 6. The van der Waals surface area contributed by atoms with Crippen LogP contribution in [0.4, 0.5) is 0 Å². The van der Waals surface area contributed by atoms with Gasteiger partial charge in [0.05, 0.1) is 25.8 Å². The highest BCUT2D eigenvalue weighted by atomic mass is 35.5. The lowest BCUT2D eigenvalue weighted by atomic mass is 10.1. The van der Waals surface area contributed by atoms with E-state index in [-0.39, 0.29) is 12.3 Å². The average Bonchev–Trinajstić information content (AvgIpc) is 2.92. The highest BCUT2D eigenvalue weighted by Crippen LogP contribution is 2.24. The van der Waals surface area contributed by atoms with Crippen molar-refractivity contribution in [3.63, 3.8) is 0 Å². The molecule has 1 aliphatic heterocycles. The van der Waals surface area contributed by atoms with E-state index in [4.69, 9.17) is 16.3 Å². The predicted octanol–water partition coefficient (Wildman–Crippen LogP) is 1.76. The van der Waals surface area contributed by atoms with Crippen LogP contribution in [0.1, 0.15) is 23.2 Å². The summed E-state index contributed by atoms with van der Waals surface area (Å²) < 4.78 is 6.49. The molecule has 1 aromatic carbocycles. The van der Waals surface area contributed by atoms with Crippen LogP contribution in [0.15, 0.2) is 30.3 Å². The zero-order valence-corrected chi connectivity index (χ0v) is 16.2. The molecule has 0 radical (unpaired) electrons. The molecular formula is C19H23ClN4O3. The van der Waals surface area contributed by atoms with Crippen LogP contribution in [0.5, 0.6) is 0 Å². The second-order valence-corrected chi connectivity index (χ2v) is 6.91. The highest BCUT2D eigenvalue weighted by Gasteiger charge is 2.33. The second-order valence-electron chi connectivity index (χ2n) is 6.56. The number of nitrogens with one attached hydrogen (secondary N) is 1. The number of benzene rings is 1. The maximum Gasteiger partial charge on any atom is 0.307 e. The van der Waals surface area contributed by atoms with Gasteiger partial charge in [0.1, 0.15) is 11.2 Å². The predicted molar refractivity (Wildman–Crippen MR) is 101 cm³/mol. The van der Waals surface area contributed by atoms with E-state index in [2.05, 4.69) is 10.4 Å². The van der Waals surface area contributed by atoms with Crippen LogP contribution in [-0.2, 0) is 27.4 Å². The lowest BCUT2D eigenvalue weighted by Crippen LogP contribution is -2.55. The largest absolute Gasteiger partial charge is 0.469 e. The fourth-order valence-corrected chi connectivity index (χ4v) is 3.54. The molecule has 3 rings (SSSR count). The summed E-state index contributed by atoms with van der Waals surface area (Å²) in [5.41, 5.74) is 2.80. The Morgan fingerprint density at radius 2 is 2.07 bits per heavy atom.